The Morgan fingerprint density at radius 2 is 1.70 bits per heavy atom. The van der Waals surface area contributed by atoms with E-state index in [1.807, 2.05) is 6.07 Å². The lowest BCUT2D eigenvalue weighted by Crippen LogP contribution is -2.25. The van der Waals surface area contributed by atoms with Crippen LogP contribution in [0.1, 0.15) is 20.7 Å². The van der Waals surface area contributed by atoms with Crippen LogP contribution < -0.4 is 24.4 Å². The van der Waals surface area contributed by atoms with Crippen molar-refractivity contribution in [1.29, 1.82) is 0 Å². The number of methoxy groups -OCH3 is 2. The van der Waals surface area contributed by atoms with E-state index in [2.05, 4.69) is 5.32 Å². The molecule has 0 fully saturated rings. The first-order valence-electron chi connectivity index (χ1n) is 9.24. The molecule has 0 aromatic heterocycles. The summed E-state index contributed by atoms with van der Waals surface area (Å²) in [5.41, 5.74) is 1.98. The zero-order valence-corrected chi connectivity index (χ0v) is 16.8. The van der Waals surface area contributed by atoms with Gasteiger partial charge in [0.2, 0.25) is 0 Å². The molecule has 1 N–H and O–H groups in total. The van der Waals surface area contributed by atoms with Crippen molar-refractivity contribution in [1.82, 2.24) is 0 Å². The number of benzene rings is 3. The van der Waals surface area contributed by atoms with Crippen molar-refractivity contribution >= 4 is 23.2 Å². The number of rotatable bonds is 4. The van der Waals surface area contributed by atoms with Gasteiger partial charge >= 0.3 is 0 Å². The third kappa shape index (κ3) is 3.41. The summed E-state index contributed by atoms with van der Waals surface area (Å²) in [5, 5.41) is 2.85. The van der Waals surface area contributed by atoms with Crippen LogP contribution in [0.2, 0.25) is 0 Å². The van der Waals surface area contributed by atoms with Gasteiger partial charge in [-0.05, 0) is 48.5 Å². The lowest BCUT2D eigenvalue weighted by molar-refractivity contribution is 0.0991. The van der Waals surface area contributed by atoms with E-state index in [4.69, 9.17) is 14.2 Å². The fourth-order valence-corrected chi connectivity index (χ4v) is 3.27. The van der Waals surface area contributed by atoms with Gasteiger partial charge in [-0.15, -0.1) is 0 Å². The molecule has 7 nitrogen and oxygen atoms in total. The number of fused-ring (bicyclic) bond motifs is 2. The van der Waals surface area contributed by atoms with Gasteiger partial charge in [0.25, 0.3) is 11.8 Å². The lowest BCUT2D eigenvalue weighted by atomic mass is 10.1. The monoisotopic (exact) mass is 404 g/mol. The van der Waals surface area contributed by atoms with Gasteiger partial charge < -0.3 is 24.4 Å². The van der Waals surface area contributed by atoms with Crippen LogP contribution in [0.25, 0.3) is 0 Å². The summed E-state index contributed by atoms with van der Waals surface area (Å²) in [6.45, 7) is 0. The predicted octanol–water partition coefficient (Wildman–Crippen LogP) is 4.34. The highest BCUT2D eigenvalue weighted by molar-refractivity contribution is 6.10. The summed E-state index contributed by atoms with van der Waals surface area (Å²) in [4.78, 5) is 27.0. The molecule has 0 spiro atoms. The summed E-state index contributed by atoms with van der Waals surface area (Å²) in [6.07, 6.45) is 0. The standard InChI is InChI=1S/C23H20N2O5/c1-25-17-13-15(24-22(26)14-8-10-20(28-2)21(12-14)29-3)9-11-19(17)30-18-7-5-4-6-16(18)23(25)27/h4-13H,1-3H3,(H,24,26). The van der Waals surface area contributed by atoms with E-state index in [1.165, 1.54) is 19.1 Å². The Kier molecular flexibility index (Phi) is 5.02. The van der Waals surface area contributed by atoms with Crippen LogP contribution in [0, 0.1) is 0 Å². The quantitative estimate of drug-likeness (QED) is 0.700. The van der Waals surface area contributed by atoms with E-state index in [1.54, 1.807) is 61.6 Å². The molecule has 7 heteroatoms. The molecule has 4 rings (SSSR count). The number of carbonyl (C=O) groups is 2. The van der Waals surface area contributed by atoms with Crippen molar-refractivity contribution in [2.45, 2.75) is 0 Å². The van der Waals surface area contributed by atoms with Crippen LogP contribution >= 0.6 is 0 Å². The molecule has 0 bridgehead atoms. The third-order valence-corrected chi connectivity index (χ3v) is 4.87. The topological polar surface area (TPSA) is 77.1 Å². The maximum Gasteiger partial charge on any atom is 0.261 e. The summed E-state index contributed by atoms with van der Waals surface area (Å²) in [7, 11) is 4.72. The van der Waals surface area contributed by atoms with Crippen LogP contribution in [0.15, 0.2) is 60.7 Å². The van der Waals surface area contributed by atoms with E-state index in [0.29, 0.717) is 45.5 Å². The first-order chi connectivity index (χ1) is 14.5. The normalized spacial score (nSPS) is 12.2. The van der Waals surface area contributed by atoms with Crippen LogP contribution in [-0.4, -0.2) is 33.1 Å². The van der Waals surface area contributed by atoms with Crippen molar-refractivity contribution in [3.8, 4) is 23.0 Å². The molecule has 1 aliphatic heterocycles. The summed E-state index contributed by atoms with van der Waals surface area (Å²) in [6, 6.07) is 17.2. The molecule has 0 radical (unpaired) electrons. The fourth-order valence-electron chi connectivity index (χ4n) is 3.27. The van der Waals surface area contributed by atoms with Crippen LogP contribution in [0.5, 0.6) is 23.0 Å². The van der Waals surface area contributed by atoms with Crippen molar-refractivity contribution in [3.05, 3.63) is 71.8 Å². The number of ether oxygens (including phenoxy) is 3. The third-order valence-electron chi connectivity index (χ3n) is 4.87. The number of nitrogens with zero attached hydrogens (tertiary/aromatic N) is 1. The molecule has 3 aromatic carbocycles. The van der Waals surface area contributed by atoms with E-state index in [0.717, 1.165) is 0 Å². The van der Waals surface area contributed by atoms with Gasteiger partial charge in [0, 0.05) is 18.3 Å². The Morgan fingerprint density at radius 3 is 2.47 bits per heavy atom. The molecule has 1 aliphatic rings. The van der Waals surface area contributed by atoms with E-state index in [9.17, 15) is 9.59 Å². The van der Waals surface area contributed by atoms with Crippen molar-refractivity contribution in [2.24, 2.45) is 0 Å². The Morgan fingerprint density at radius 1 is 0.933 bits per heavy atom. The second-order valence-electron chi connectivity index (χ2n) is 6.67. The predicted molar refractivity (Wildman–Crippen MR) is 113 cm³/mol. The first-order valence-corrected chi connectivity index (χ1v) is 9.24. The second kappa shape index (κ2) is 7.79. The molecule has 2 amide bonds. The van der Waals surface area contributed by atoms with E-state index >= 15 is 0 Å². The maximum absolute atomic E-state index is 12.8. The number of hydrogen-bond acceptors (Lipinski definition) is 5. The average Bonchev–Trinajstić information content (AvgIpc) is 2.88. The van der Waals surface area contributed by atoms with Gasteiger partial charge in [-0.2, -0.15) is 0 Å². The van der Waals surface area contributed by atoms with Gasteiger partial charge in [-0.1, -0.05) is 12.1 Å². The molecule has 0 saturated heterocycles. The minimum absolute atomic E-state index is 0.187. The fraction of sp³-hybridized carbons (Fsp3) is 0.130. The maximum atomic E-state index is 12.8. The van der Waals surface area contributed by atoms with Gasteiger partial charge in [0.15, 0.2) is 17.2 Å². The Balaban J connectivity index is 1.62. The molecular weight excluding hydrogens is 384 g/mol. The first kappa shape index (κ1) is 19.3. The highest BCUT2D eigenvalue weighted by Gasteiger charge is 2.25. The minimum atomic E-state index is -0.317. The van der Waals surface area contributed by atoms with Crippen molar-refractivity contribution in [2.75, 3.05) is 31.5 Å². The zero-order valence-electron chi connectivity index (χ0n) is 16.8. The van der Waals surface area contributed by atoms with Crippen molar-refractivity contribution < 1.29 is 23.8 Å². The summed E-state index contributed by atoms with van der Waals surface area (Å²) >= 11 is 0. The number of amides is 2. The SMILES string of the molecule is COc1ccc(C(=O)Nc2ccc3c(c2)N(C)C(=O)c2ccccc2O3)cc1OC. The molecule has 0 aliphatic carbocycles. The molecule has 0 unspecified atom stereocenters. The Bertz CT molecular complexity index is 1140. The minimum Gasteiger partial charge on any atom is -0.493 e. The molecule has 0 atom stereocenters. The van der Waals surface area contributed by atoms with Gasteiger partial charge in [-0.25, -0.2) is 0 Å². The van der Waals surface area contributed by atoms with Crippen molar-refractivity contribution in [3.63, 3.8) is 0 Å². The van der Waals surface area contributed by atoms with Gasteiger partial charge in [-0.3, -0.25) is 9.59 Å². The van der Waals surface area contributed by atoms with Gasteiger partial charge in [0.1, 0.15) is 5.75 Å². The highest BCUT2D eigenvalue weighted by Crippen LogP contribution is 2.39. The molecule has 1 heterocycles. The van der Waals surface area contributed by atoms with Crippen LogP contribution in [-0.2, 0) is 0 Å². The smallest absolute Gasteiger partial charge is 0.261 e. The highest BCUT2D eigenvalue weighted by atomic mass is 16.5. The van der Waals surface area contributed by atoms with E-state index < -0.39 is 0 Å². The lowest BCUT2D eigenvalue weighted by Gasteiger charge is -2.18. The average molecular weight is 404 g/mol. The largest absolute Gasteiger partial charge is 0.493 e. The van der Waals surface area contributed by atoms with E-state index in [-0.39, 0.29) is 11.8 Å². The molecule has 0 saturated carbocycles. The summed E-state index contributed by atoms with van der Waals surface area (Å²) < 4.78 is 16.4. The van der Waals surface area contributed by atoms with Gasteiger partial charge in [0.05, 0.1) is 25.5 Å². The number of para-hydroxylation sites is 1. The molecular formula is C23H20N2O5. The number of carbonyl (C=O) groups excluding carboxylic acids is 2. The van der Waals surface area contributed by atoms with Crippen LogP contribution in [0.4, 0.5) is 11.4 Å². The zero-order chi connectivity index (χ0) is 21.3. The Labute approximate surface area is 173 Å². The van der Waals surface area contributed by atoms with Crippen LogP contribution in [0.3, 0.4) is 0 Å². The number of nitrogens with one attached hydrogen (secondary N) is 1. The summed E-state index contributed by atoms with van der Waals surface area (Å²) in [5.74, 6) is 1.52. The molecule has 30 heavy (non-hydrogen) atoms. The molecule has 152 valence electrons. The number of hydrogen-bond donors (Lipinski definition) is 1. The number of anilines is 2. The second-order valence-corrected chi connectivity index (χ2v) is 6.67. The Hall–Kier alpha value is -4.00. The molecule has 3 aromatic rings.